The molecule has 0 aromatic heterocycles. The Bertz CT molecular complexity index is 773. The molecule has 4 atom stereocenters. The molecule has 0 spiro atoms. The van der Waals surface area contributed by atoms with Gasteiger partial charge in [0.15, 0.2) is 5.60 Å². The van der Waals surface area contributed by atoms with Crippen LogP contribution in [0.1, 0.15) is 34.1 Å². The van der Waals surface area contributed by atoms with Gasteiger partial charge in [0.1, 0.15) is 5.76 Å². The molecule has 0 saturated heterocycles. The molecule has 0 unspecified atom stereocenters. The fraction of sp³-hybridized carbons (Fsp3) is 0.500. The fourth-order valence-electron chi connectivity index (χ4n) is 3.03. The summed E-state index contributed by atoms with van der Waals surface area (Å²) in [6, 6.07) is 0. The van der Waals surface area contributed by atoms with E-state index in [1.807, 2.05) is 13.0 Å². The molecule has 2 aliphatic rings. The second-order valence-corrected chi connectivity index (χ2v) is 7.46. The van der Waals surface area contributed by atoms with E-state index in [1.54, 1.807) is 6.08 Å². The Morgan fingerprint density at radius 1 is 1.44 bits per heavy atom. The summed E-state index contributed by atoms with van der Waals surface area (Å²) in [6.07, 6.45) is 6.41. The molecule has 0 amide bonds. The third-order valence-corrected chi connectivity index (χ3v) is 5.24. The zero-order valence-corrected chi connectivity index (χ0v) is 16.8. The van der Waals surface area contributed by atoms with Crippen LogP contribution < -0.4 is 0 Å². The number of halogens is 1. The number of allylic oxidation sites excluding steroid dienone is 4. The Morgan fingerprint density at radius 2 is 2.07 bits per heavy atom. The minimum atomic E-state index is -2.47. The normalized spacial score (nSPS) is 33.1. The molecular weight excluding hydrogens is 372 g/mol. The molecular formula is C20H25ClO6. The first-order chi connectivity index (χ1) is 12.5. The Balaban J connectivity index is 2.51. The number of hydrogen-bond acceptors (Lipinski definition) is 6. The molecule has 0 aromatic rings. The lowest BCUT2D eigenvalue weighted by atomic mass is 9.72. The summed E-state index contributed by atoms with van der Waals surface area (Å²) in [7, 11) is 1.24. The summed E-state index contributed by atoms with van der Waals surface area (Å²) in [5, 5.41) is 20.7. The first kappa shape index (κ1) is 21.6. The van der Waals surface area contributed by atoms with Gasteiger partial charge in [-0.05, 0) is 31.9 Å². The molecule has 0 radical (unpaired) electrons. The van der Waals surface area contributed by atoms with E-state index in [-0.39, 0.29) is 11.3 Å². The van der Waals surface area contributed by atoms with Crippen molar-refractivity contribution in [1.82, 2.24) is 0 Å². The Hall–Kier alpha value is -1.73. The number of ether oxygens (including phenoxy) is 2. The molecule has 0 fully saturated rings. The number of carbonyl (C=O) groups is 2. The van der Waals surface area contributed by atoms with Crippen molar-refractivity contribution in [3.8, 4) is 0 Å². The zero-order valence-electron chi connectivity index (χ0n) is 16.1. The summed E-state index contributed by atoms with van der Waals surface area (Å²) in [5.41, 5.74) is -4.00. The van der Waals surface area contributed by atoms with Gasteiger partial charge in [-0.2, -0.15) is 0 Å². The minimum Gasteiger partial charge on any atom is -0.461 e. The topological polar surface area (TPSA) is 93.1 Å². The highest BCUT2D eigenvalue weighted by Gasteiger charge is 2.63. The van der Waals surface area contributed by atoms with Gasteiger partial charge in [-0.15, -0.1) is 0 Å². The fourth-order valence-corrected chi connectivity index (χ4v) is 3.42. The monoisotopic (exact) mass is 396 g/mol. The smallest absolute Gasteiger partial charge is 0.240 e. The van der Waals surface area contributed by atoms with E-state index in [1.165, 1.54) is 13.2 Å². The number of methoxy groups -OCH3 is 1. The highest BCUT2D eigenvalue weighted by atomic mass is 35.5. The zero-order chi connectivity index (χ0) is 20.6. The third kappa shape index (κ3) is 3.67. The maximum atomic E-state index is 12.6. The molecule has 1 aliphatic carbocycles. The average Bonchev–Trinajstić information content (AvgIpc) is 2.63. The Kier molecular flexibility index (Phi) is 6.16. The van der Waals surface area contributed by atoms with Crippen LogP contribution in [0, 0.1) is 5.92 Å². The number of aliphatic hydroxyl groups is 2. The van der Waals surface area contributed by atoms with Gasteiger partial charge in [-0.25, -0.2) is 0 Å². The van der Waals surface area contributed by atoms with Crippen LogP contribution >= 0.6 is 11.6 Å². The lowest BCUT2D eigenvalue weighted by Gasteiger charge is -2.44. The van der Waals surface area contributed by atoms with Gasteiger partial charge in [-0.1, -0.05) is 49.6 Å². The van der Waals surface area contributed by atoms with Gasteiger partial charge >= 0.3 is 0 Å². The van der Waals surface area contributed by atoms with E-state index < -0.39 is 34.1 Å². The predicted molar refractivity (Wildman–Crippen MR) is 101 cm³/mol. The highest BCUT2D eigenvalue weighted by Crippen LogP contribution is 2.43. The lowest BCUT2D eigenvalue weighted by molar-refractivity contribution is -0.210. The van der Waals surface area contributed by atoms with Crippen molar-refractivity contribution < 1.29 is 29.3 Å². The molecule has 0 saturated carbocycles. The molecule has 1 heterocycles. The molecule has 6 nitrogen and oxygen atoms in total. The Morgan fingerprint density at radius 3 is 2.63 bits per heavy atom. The summed E-state index contributed by atoms with van der Waals surface area (Å²) >= 11 is 6.08. The molecule has 0 aromatic carbocycles. The van der Waals surface area contributed by atoms with Crippen molar-refractivity contribution in [2.75, 3.05) is 7.11 Å². The van der Waals surface area contributed by atoms with Crippen molar-refractivity contribution in [2.45, 2.75) is 51.6 Å². The second-order valence-electron chi connectivity index (χ2n) is 7.09. The van der Waals surface area contributed by atoms with E-state index >= 15 is 0 Å². The average molecular weight is 397 g/mol. The molecule has 0 bridgehead atoms. The highest BCUT2D eigenvalue weighted by molar-refractivity contribution is 6.48. The van der Waals surface area contributed by atoms with Crippen LogP contribution in [0.15, 0.2) is 46.2 Å². The van der Waals surface area contributed by atoms with Crippen LogP contribution in [-0.2, 0) is 19.1 Å². The predicted octanol–water partition coefficient (Wildman–Crippen LogP) is 2.55. The number of rotatable bonds is 5. The first-order valence-corrected chi connectivity index (χ1v) is 9.10. The van der Waals surface area contributed by atoms with Gasteiger partial charge in [-0.3, -0.25) is 9.59 Å². The SMILES string of the molecule is CC[C@H](C)/C=C(C)/C=C/C1=CC2=C(Cl)C(=O)[C@](C)(O)C(=O)[C@]2(O)[C@@H](OC)O1. The molecule has 1 aliphatic heterocycles. The van der Waals surface area contributed by atoms with Crippen molar-refractivity contribution in [3.63, 3.8) is 0 Å². The van der Waals surface area contributed by atoms with Crippen LogP contribution in [0.3, 0.4) is 0 Å². The summed E-state index contributed by atoms with van der Waals surface area (Å²) in [5.74, 6) is -1.43. The summed E-state index contributed by atoms with van der Waals surface area (Å²) < 4.78 is 10.7. The number of Topliss-reactive ketones (excluding diaryl/α,β-unsaturated/α-hetero) is 2. The number of ketones is 2. The van der Waals surface area contributed by atoms with Gasteiger partial charge in [0.05, 0.1) is 5.03 Å². The van der Waals surface area contributed by atoms with Crippen LogP contribution in [-0.4, -0.2) is 46.4 Å². The van der Waals surface area contributed by atoms with Crippen molar-refractivity contribution in [3.05, 3.63) is 46.2 Å². The van der Waals surface area contributed by atoms with Gasteiger partial charge in [0, 0.05) is 12.7 Å². The van der Waals surface area contributed by atoms with Gasteiger partial charge in [0.2, 0.25) is 23.5 Å². The molecule has 2 rings (SSSR count). The summed E-state index contributed by atoms with van der Waals surface area (Å²) in [6.45, 7) is 7.12. The van der Waals surface area contributed by atoms with Crippen LogP contribution in [0.5, 0.6) is 0 Å². The van der Waals surface area contributed by atoms with Crippen LogP contribution in [0.25, 0.3) is 0 Å². The van der Waals surface area contributed by atoms with Crippen molar-refractivity contribution in [1.29, 1.82) is 0 Å². The van der Waals surface area contributed by atoms with Gasteiger partial charge in [0.25, 0.3) is 0 Å². The number of fused-ring (bicyclic) bond motifs is 1. The van der Waals surface area contributed by atoms with Crippen molar-refractivity contribution in [2.24, 2.45) is 5.92 Å². The third-order valence-electron chi connectivity index (χ3n) is 4.86. The van der Waals surface area contributed by atoms with Crippen molar-refractivity contribution >= 4 is 23.2 Å². The van der Waals surface area contributed by atoms with Crippen LogP contribution in [0.4, 0.5) is 0 Å². The van der Waals surface area contributed by atoms with E-state index in [4.69, 9.17) is 21.1 Å². The quantitative estimate of drug-likeness (QED) is 0.548. The minimum absolute atomic E-state index is 0.146. The summed E-state index contributed by atoms with van der Waals surface area (Å²) in [4.78, 5) is 24.9. The van der Waals surface area contributed by atoms with Gasteiger partial charge < -0.3 is 19.7 Å². The molecule has 2 N–H and O–H groups in total. The Labute approximate surface area is 163 Å². The molecule has 27 heavy (non-hydrogen) atoms. The molecule has 7 heteroatoms. The standard InChI is InChI=1S/C20H25ClO6/c1-6-11(2)9-12(3)7-8-13-10-14-15(21)16(22)19(4,24)17(23)20(14,25)18(26-5)27-13/h7-11,18,24-25H,6H2,1-5H3/b8-7+,12-9+/t11-,18-,19-,20-/m0/s1. The number of carbonyl (C=O) groups excluding carboxylic acids is 2. The largest absolute Gasteiger partial charge is 0.461 e. The lowest BCUT2D eigenvalue weighted by Crippen LogP contribution is -2.66. The number of hydrogen-bond donors (Lipinski definition) is 2. The van der Waals surface area contributed by atoms with E-state index in [2.05, 4.69) is 19.9 Å². The van der Waals surface area contributed by atoms with E-state index in [0.29, 0.717) is 5.92 Å². The van der Waals surface area contributed by atoms with E-state index in [0.717, 1.165) is 18.9 Å². The maximum Gasteiger partial charge on any atom is 0.240 e. The maximum absolute atomic E-state index is 12.6. The van der Waals surface area contributed by atoms with Crippen LogP contribution in [0.2, 0.25) is 0 Å². The second kappa shape index (κ2) is 7.72. The van der Waals surface area contributed by atoms with E-state index in [9.17, 15) is 19.8 Å². The first-order valence-electron chi connectivity index (χ1n) is 8.72. The molecule has 148 valence electrons.